The number of benzene rings is 1. The van der Waals surface area contributed by atoms with E-state index in [1.54, 1.807) is 5.30 Å². The van der Waals surface area contributed by atoms with E-state index >= 15 is 0 Å². The molecule has 0 spiro atoms. The van der Waals surface area contributed by atoms with E-state index in [0.29, 0.717) is 0 Å². The van der Waals surface area contributed by atoms with Crippen molar-refractivity contribution in [2.45, 2.75) is 97.2 Å². The van der Waals surface area contributed by atoms with Crippen molar-refractivity contribution >= 4 is 26.1 Å². The predicted molar refractivity (Wildman–Crippen MR) is 141 cm³/mol. The molecule has 0 amide bonds. The van der Waals surface area contributed by atoms with Gasteiger partial charge < -0.3 is 0 Å². The smallest absolute Gasteiger partial charge is 0.0653 e. The van der Waals surface area contributed by atoms with Gasteiger partial charge in [-0.1, -0.05) is 26.7 Å². The molecule has 30 heavy (non-hydrogen) atoms. The molecule has 0 saturated heterocycles. The topological polar surface area (TPSA) is 18.5 Å². The van der Waals surface area contributed by atoms with Gasteiger partial charge in [0, 0.05) is 13.2 Å². The summed E-state index contributed by atoms with van der Waals surface area (Å²) in [7, 11) is 0. The van der Waals surface area contributed by atoms with Crippen molar-refractivity contribution in [1.82, 2.24) is 0 Å². The summed E-state index contributed by atoms with van der Waals surface area (Å²) in [6.07, 6.45) is 14.7. The molecule has 176 valence electrons. The Bertz CT molecular complexity index is 548. The Balaban J connectivity index is 2.22. The zero-order chi connectivity index (χ0) is 22.3. The Hall–Kier alpha value is 0.0500. The summed E-state index contributed by atoms with van der Waals surface area (Å²) in [5, 5.41) is -0.339. The summed E-state index contributed by atoms with van der Waals surface area (Å²) in [6.45, 7) is 13.2. The zero-order valence-corrected chi connectivity index (χ0v) is 22.9. The maximum atomic E-state index is 5.95. The van der Waals surface area contributed by atoms with Crippen molar-refractivity contribution < 1.29 is 9.47 Å². The SMILES string of the molecule is CCCCOC(CCCCCCCCc1ccccc1P(C)(C)(C)Br)OCCCC. The van der Waals surface area contributed by atoms with Crippen LogP contribution in [0.2, 0.25) is 0 Å². The summed E-state index contributed by atoms with van der Waals surface area (Å²) in [5.41, 5.74) is 1.54. The van der Waals surface area contributed by atoms with Crippen molar-refractivity contribution in [1.29, 1.82) is 0 Å². The number of ether oxygens (including phenoxy) is 2. The molecular formula is C26H48BrO2P. The second-order valence-corrected chi connectivity index (χ2v) is 22.9. The molecule has 0 bridgehead atoms. The fourth-order valence-corrected chi connectivity index (χ4v) is 6.51. The minimum atomic E-state index is -1.88. The molecule has 1 rings (SSSR count). The van der Waals surface area contributed by atoms with Gasteiger partial charge in [0.05, 0.1) is 0 Å². The fourth-order valence-electron chi connectivity index (χ4n) is 3.73. The third kappa shape index (κ3) is 12.8. The van der Waals surface area contributed by atoms with Crippen LogP contribution in [0, 0.1) is 0 Å². The molecule has 0 aliphatic rings. The fraction of sp³-hybridized carbons (Fsp3) is 0.769. The second-order valence-electron chi connectivity index (χ2n) is 9.77. The van der Waals surface area contributed by atoms with Crippen LogP contribution in [-0.2, 0) is 15.9 Å². The number of aryl methyl sites for hydroxylation is 1. The van der Waals surface area contributed by atoms with Gasteiger partial charge in [0.25, 0.3) is 0 Å². The van der Waals surface area contributed by atoms with Crippen molar-refractivity contribution in [3.8, 4) is 0 Å². The van der Waals surface area contributed by atoms with Crippen LogP contribution in [0.5, 0.6) is 0 Å². The number of unbranched alkanes of at least 4 members (excludes halogenated alkanes) is 7. The third-order valence-electron chi connectivity index (χ3n) is 5.54. The van der Waals surface area contributed by atoms with E-state index in [0.717, 1.165) is 32.5 Å². The maximum absolute atomic E-state index is 5.95. The van der Waals surface area contributed by atoms with Crippen LogP contribution < -0.4 is 5.30 Å². The van der Waals surface area contributed by atoms with Crippen LogP contribution in [0.3, 0.4) is 0 Å². The average Bonchev–Trinajstić information content (AvgIpc) is 2.69. The van der Waals surface area contributed by atoms with Crippen LogP contribution in [0.4, 0.5) is 0 Å². The molecule has 0 N–H and O–H groups in total. The first-order valence-corrected chi connectivity index (χ1v) is 17.9. The molecule has 4 heteroatoms. The Morgan fingerprint density at radius 2 is 1.30 bits per heavy atom. The van der Waals surface area contributed by atoms with Crippen molar-refractivity contribution in [2.75, 3.05) is 33.2 Å². The van der Waals surface area contributed by atoms with Crippen LogP contribution >= 0.6 is 20.8 Å². The van der Waals surface area contributed by atoms with E-state index in [-0.39, 0.29) is 6.29 Å². The van der Waals surface area contributed by atoms with Gasteiger partial charge in [0.15, 0.2) is 0 Å². The monoisotopic (exact) mass is 502 g/mol. The van der Waals surface area contributed by atoms with E-state index in [1.807, 2.05) is 0 Å². The predicted octanol–water partition coefficient (Wildman–Crippen LogP) is 8.30. The first-order chi connectivity index (χ1) is 14.2. The van der Waals surface area contributed by atoms with E-state index in [4.69, 9.17) is 9.47 Å². The molecule has 1 aromatic rings. The van der Waals surface area contributed by atoms with Crippen molar-refractivity contribution in [3.63, 3.8) is 0 Å². The molecule has 0 radical (unpaired) electrons. The molecule has 0 heterocycles. The van der Waals surface area contributed by atoms with E-state index in [9.17, 15) is 0 Å². The minimum absolute atomic E-state index is 0.0116. The van der Waals surface area contributed by atoms with Gasteiger partial charge in [0.2, 0.25) is 0 Å². The van der Waals surface area contributed by atoms with Crippen LogP contribution in [0.25, 0.3) is 0 Å². The van der Waals surface area contributed by atoms with Gasteiger partial charge in [-0.2, -0.15) is 0 Å². The molecule has 0 saturated carbocycles. The molecule has 0 unspecified atom stereocenters. The number of rotatable bonds is 18. The Morgan fingerprint density at radius 1 is 0.767 bits per heavy atom. The molecule has 0 fully saturated rings. The minimum Gasteiger partial charge on any atom is -0.0653 e. The summed E-state index contributed by atoms with van der Waals surface area (Å²) in [4.78, 5) is 0. The van der Waals surface area contributed by atoms with Gasteiger partial charge in [-0.15, -0.1) is 0 Å². The third-order valence-corrected chi connectivity index (χ3v) is 8.75. The van der Waals surface area contributed by atoms with E-state index in [2.05, 4.69) is 73.6 Å². The summed E-state index contributed by atoms with van der Waals surface area (Å²) >= 11 is 4.05. The van der Waals surface area contributed by atoms with Crippen LogP contribution in [0.1, 0.15) is 90.0 Å². The van der Waals surface area contributed by atoms with E-state index in [1.165, 1.54) is 63.4 Å². The van der Waals surface area contributed by atoms with Gasteiger partial charge in [-0.05, 0) is 12.8 Å². The summed E-state index contributed by atoms with van der Waals surface area (Å²) in [6, 6.07) is 9.02. The molecule has 1 aromatic carbocycles. The molecule has 0 atom stereocenters. The first-order valence-electron chi connectivity index (χ1n) is 12.3. The normalized spacial score (nSPS) is 13.5. The van der Waals surface area contributed by atoms with Gasteiger partial charge in [-0.3, -0.25) is 0 Å². The Morgan fingerprint density at radius 3 is 1.87 bits per heavy atom. The van der Waals surface area contributed by atoms with Gasteiger partial charge in [-0.25, -0.2) is 0 Å². The average molecular weight is 504 g/mol. The second kappa shape index (κ2) is 15.0. The van der Waals surface area contributed by atoms with Crippen LogP contribution in [-0.4, -0.2) is 39.5 Å². The quantitative estimate of drug-likeness (QED) is 0.114. The summed E-state index contributed by atoms with van der Waals surface area (Å²) < 4.78 is 11.9. The number of halogens is 1. The molecule has 0 aliphatic heterocycles. The van der Waals surface area contributed by atoms with Gasteiger partial charge >= 0.3 is 143 Å². The Labute approximate surface area is 195 Å². The standard InChI is InChI=1S/C26H48BrO2P/c1-6-8-22-28-26(29-23-9-7-2)21-15-13-11-10-12-14-18-24-19-16-17-20-25(24)30(3,4,5)27/h16-17,19-20,26H,6-15,18,21-23H2,1-5H3. The van der Waals surface area contributed by atoms with Gasteiger partial charge in [0.1, 0.15) is 0 Å². The Kier molecular flexibility index (Phi) is 14.0. The van der Waals surface area contributed by atoms with Crippen LogP contribution in [0.15, 0.2) is 24.3 Å². The molecule has 0 aliphatic carbocycles. The van der Waals surface area contributed by atoms with Crippen molar-refractivity contribution in [3.05, 3.63) is 29.8 Å². The van der Waals surface area contributed by atoms with E-state index < -0.39 is 5.31 Å². The molecular weight excluding hydrogens is 455 g/mol. The molecule has 2 nitrogen and oxygen atoms in total. The number of hydrogen-bond acceptors (Lipinski definition) is 2. The summed E-state index contributed by atoms with van der Waals surface area (Å²) in [5.74, 6) is 0. The number of hydrogen-bond donors (Lipinski definition) is 0. The zero-order valence-electron chi connectivity index (χ0n) is 20.4. The molecule has 0 aromatic heterocycles. The van der Waals surface area contributed by atoms with Crippen molar-refractivity contribution in [2.24, 2.45) is 0 Å². The first kappa shape index (κ1) is 28.1.